The first kappa shape index (κ1) is 14.1. The van der Waals surface area contributed by atoms with Crippen molar-refractivity contribution in [2.24, 2.45) is 11.8 Å². The topological polar surface area (TPSA) is 51.2 Å². The zero-order valence-corrected chi connectivity index (χ0v) is 10.8. The largest absolute Gasteiger partial charge is 0.300 e. The summed E-state index contributed by atoms with van der Waals surface area (Å²) >= 11 is 0. The molecule has 0 spiro atoms. The second kappa shape index (κ2) is 6.67. The minimum Gasteiger partial charge on any atom is -0.300 e. The average Bonchev–Trinajstić information content (AvgIpc) is 2.59. The molecular weight excluding hydrogens is 216 g/mol. The van der Waals surface area contributed by atoms with E-state index >= 15 is 0 Å². The Morgan fingerprint density at radius 3 is 2.47 bits per heavy atom. The summed E-state index contributed by atoms with van der Waals surface area (Å²) < 4.78 is 0. The fourth-order valence-corrected chi connectivity index (χ4v) is 2.38. The maximum absolute atomic E-state index is 11.8. The van der Waals surface area contributed by atoms with Gasteiger partial charge in [0.2, 0.25) is 0 Å². The van der Waals surface area contributed by atoms with Gasteiger partial charge in [0.1, 0.15) is 17.3 Å². The molecule has 0 aliphatic heterocycles. The lowest BCUT2D eigenvalue weighted by Crippen LogP contribution is -2.18. The number of ketones is 3. The number of carbonyl (C=O) groups excluding carboxylic acids is 3. The van der Waals surface area contributed by atoms with Crippen molar-refractivity contribution in [2.45, 2.75) is 58.8 Å². The Labute approximate surface area is 103 Å². The molecule has 96 valence electrons. The zero-order chi connectivity index (χ0) is 12.8. The van der Waals surface area contributed by atoms with E-state index in [2.05, 4.69) is 0 Å². The number of hydrogen-bond acceptors (Lipinski definition) is 3. The molecule has 0 aromatic rings. The highest BCUT2D eigenvalue weighted by atomic mass is 16.2. The van der Waals surface area contributed by atoms with E-state index in [9.17, 15) is 14.4 Å². The average molecular weight is 238 g/mol. The highest BCUT2D eigenvalue weighted by molar-refractivity contribution is 6.10. The Balaban J connectivity index is 2.39. The molecule has 0 amide bonds. The smallest absolute Gasteiger partial charge is 0.146 e. The Morgan fingerprint density at radius 1 is 1.24 bits per heavy atom. The van der Waals surface area contributed by atoms with E-state index in [0.29, 0.717) is 25.7 Å². The second-order valence-electron chi connectivity index (χ2n) is 4.91. The third-order valence-electron chi connectivity index (χ3n) is 3.60. The lowest BCUT2D eigenvalue weighted by Gasteiger charge is -2.07. The molecule has 0 radical (unpaired) electrons. The van der Waals surface area contributed by atoms with Crippen LogP contribution in [-0.4, -0.2) is 17.3 Å². The van der Waals surface area contributed by atoms with Crippen molar-refractivity contribution in [3.8, 4) is 0 Å². The quantitative estimate of drug-likeness (QED) is 0.641. The summed E-state index contributed by atoms with van der Waals surface area (Å²) in [5, 5.41) is 0. The standard InChI is InChI=1S/C14H22O3/c1-3-5-6-11(15)7-8-12-13(16)9-10(4-2)14(12)17/h10,12H,3-9H2,1-2H3. The number of hydrogen-bond donors (Lipinski definition) is 0. The summed E-state index contributed by atoms with van der Waals surface area (Å²) in [5.41, 5.74) is 0. The molecular formula is C14H22O3. The molecule has 0 heterocycles. The summed E-state index contributed by atoms with van der Waals surface area (Å²) in [6, 6.07) is 0. The molecule has 1 aliphatic rings. The molecule has 0 aromatic heterocycles. The molecule has 1 aliphatic carbocycles. The van der Waals surface area contributed by atoms with Gasteiger partial charge in [0, 0.05) is 25.2 Å². The number of rotatable bonds is 7. The van der Waals surface area contributed by atoms with Crippen molar-refractivity contribution in [3.05, 3.63) is 0 Å². The fraction of sp³-hybridized carbons (Fsp3) is 0.786. The van der Waals surface area contributed by atoms with Crippen molar-refractivity contribution < 1.29 is 14.4 Å². The molecule has 1 fully saturated rings. The number of unbranched alkanes of at least 4 members (excludes halogenated alkanes) is 1. The first-order valence-corrected chi connectivity index (χ1v) is 6.68. The van der Waals surface area contributed by atoms with Crippen LogP contribution < -0.4 is 0 Å². The first-order chi connectivity index (χ1) is 8.10. The van der Waals surface area contributed by atoms with Gasteiger partial charge in [-0.15, -0.1) is 0 Å². The van der Waals surface area contributed by atoms with E-state index < -0.39 is 5.92 Å². The Bertz CT molecular complexity index is 307. The van der Waals surface area contributed by atoms with Gasteiger partial charge in [-0.3, -0.25) is 14.4 Å². The Hall–Kier alpha value is -0.990. The van der Waals surface area contributed by atoms with Crippen molar-refractivity contribution in [2.75, 3.05) is 0 Å². The Morgan fingerprint density at radius 2 is 1.94 bits per heavy atom. The molecule has 2 unspecified atom stereocenters. The molecule has 17 heavy (non-hydrogen) atoms. The monoisotopic (exact) mass is 238 g/mol. The van der Waals surface area contributed by atoms with Crippen LogP contribution in [0.25, 0.3) is 0 Å². The van der Waals surface area contributed by atoms with Gasteiger partial charge in [0.25, 0.3) is 0 Å². The summed E-state index contributed by atoms with van der Waals surface area (Å²) in [5.74, 6) is -0.262. The fourth-order valence-electron chi connectivity index (χ4n) is 2.38. The summed E-state index contributed by atoms with van der Waals surface area (Å²) in [6.45, 7) is 3.98. The summed E-state index contributed by atoms with van der Waals surface area (Å²) in [4.78, 5) is 35.0. The predicted molar refractivity (Wildman–Crippen MR) is 65.7 cm³/mol. The molecule has 0 saturated heterocycles. The van der Waals surface area contributed by atoms with Crippen molar-refractivity contribution in [1.82, 2.24) is 0 Å². The number of Topliss-reactive ketones (excluding diaryl/α,β-unsaturated/α-hetero) is 3. The number of carbonyl (C=O) groups is 3. The van der Waals surface area contributed by atoms with Gasteiger partial charge >= 0.3 is 0 Å². The summed E-state index contributed by atoms with van der Waals surface area (Å²) in [7, 11) is 0. The highest BCUT2D eigenvalue weighted by Crippen LogP contribution is 2.29. The SMILES string of the molecule is CCCCC(=O)CCC1C(=O)CC(CC)C1=O. The molecule has 1 rings (SSSR count). The van der Waals surface area contributed by atoms with Crippen molar-refractivity contribution >= 4 is 17.3 Å². The van der Waals surface area contributed by atoms with Gasteiger partial charge in [-0.05, 0) is 19.3 Å². The minimum atomic E-state index is -0.481. The third-order valence-corrected chi connectivity index (χ3v) is 3.60. The van der Waals surface area contributed by atoms with Crippen LogP contribution in [0.4, 0.5) is 0 Å². The maximum atomic E-state index is 11.8. The minimum absolute atomic E-state index is 0.0464. The van der Waals surface area contributed by atoms with E-state index in [1.807, 2.05) is 13.8 Å². The predicted octanol–water partition coefficient (Wildman–Crippen LogP) is 2.71. The molecule has 1 saturated carbocycles. The van der Waals surface area contributed by atoms with Crippen LogP contribution in [0.1, 0.15) is 58.8 Å². The molecule has 3 heteroatoms. The van der Waals surface area contributed by atoms with Crippen molar-refractivity contribution in [3.63, 3.8) is 0 Å². The van der Waals surface area contributed by atoms with Crippen LogP contribution in [0.15, 0.2) is 0 Å². The first-order valence-electron chi connectivity index (χ1n) is 6.68. The van der Waals surface area contributed by atoms with Crippen LogP contribution >= 0.6 is 0 Å². The second-order valence-corrected chi connectivity index (χ2v) is 4.91. The van der Waals surface area contributed by atoms with E-state index in [-0.39, 0.29) is 23.3 Å². The third kappa shape index (κ3) is 3.76. The Kier molecular flexibility index (Phi) is 5.52. The maximum Gasteiger partial charge on any atom is 0.146 e. The van der Waals surface area contributed by atoms with Gasteiger partial charge in [-0.2, -0.15) is 0 Å². The van der Waals surface area contributed by atoms with Crippen LogP contribution in [0.3, 0.4) is 0 Å². The van der Waals surface area contributed by atoms with Gasteiger partial charge in [-0.25, -0.2) is 0 Å². The molecule has 2 atom stereocenters. The normalized spacial score (nSPS) is 24.4. The van der Waals surface area contributed by atoms with Crippen LogP contribution in [0, 0.1) is 11.8 Å². The van der Waals surface area contributed by atoms with Gasteiger partial charge < -0.3 is 0 Å². The van der Waals surface area contributed by atoms with Gasteiger partial charge in [-0.1, -0.05) is 20.3 Å². The van der Waals surface area contributed by atoms with E-state index in [1.165, 1.54) is 0 Å². The summed E-state index contributed by atoms with van der Waals surface area (Å²) in [6.07, 6.45) is 4.46. The molecule has 0 N–H and O–H groups in total. The molecule has 3 nitrogen and oxygen atoms in total. The van der Waals surface area contributed by atoms with Crippen LogP contribution in [0.2, 0.25) is 0 Å². The molecule has 0 bridgehead atoms. The lowest BCUT2D eigenvalue weighted by atomic mass is 9.95. The highest BCUT2D eigenvalue weighted by Gasteiger charge is 2.39. The van der Waals surface area contributed by atoms with E-state index in [0.717, 1.165) is 19.3 Å². The van der Waals surface area contributed by atoms with Crippen LogP contribution in [0.5, 0.6) is 0 Å². The van der Waals surface area contributed by atoms with Crippen LogP contribution in [-0.2, 0) is 14.4 Å². The van der Waals surface area contributed by atoms with Gasteiger partial charge in [0.15, 0.2) is 0 Å². The van der Waals surface area contributed by atoms with E-state index in [1.54, 1.807) is 0 Å². The zero-order valence-electron chi connectivity index (χ0n) is 10.8. The lowest BCUT2D eigenvalue weighted by molar-refractivity contribution is -0.128. The van der Waals surface area contributed by atoms with Gasteiger partial charge in [0.05, 0.1) is 5.92 Å². The van der Waals surface area contributed by atoms with E-state index in [4.69, 9.17) is 0 Å². The van der Waals surface area contributed by atoms with Crippen molar-refractivity contribution in [1.29, 1.82) is 0 Å². The molecule has 0 aromatic carbocycles.